The number of pyridine rings is 1. The average molecular weight is 740 g/mol. The summed E-state index contributed by atoms with van der Waals surface area (Å²) in [6, 6.07) is 22.6. The molecule has 278 valence electrons. The van der Waals surface area contributed by atoms with Gasteiger partial charge in [0.1, 0.15) is 11.3 Å². The molecule has 0 N–H and O–H groups in total. The summed E-state index contributed by atoms with van der Waals surface area (Å²) in [4.78, 5) is 42.5. The highest BCUT2D eigenvalue weighted by atomic mass is 35.5. The number of fused-ring (bicyclic) bond motifs is 1. The zero-order valence-corrected chi connectivity index (χ0v) is 31.3. The summed E-state index contributed by atoms with van der Waals surface area (Å²) in [5.74, 6) is 0.286. The topological polar surface area (TPSA) is 120 Å². The van der Waals surface area contributed by atoms with Gasteiger partial charge < -0.3 is 28.4 Å². The molecule has 10 nitrogen and oxygen atoms in total. The molecule has 0 bridgehead atoms. The molecule has 0 radical (unpaired) electrons. The zero-order chi connectivity index (χ0) is 37.5. The fourth-order valence-electron chi connectivity index (χ4n) is 7.62. The number of nitriles is 1. The molecule has 0 unspecified atom stereocenters. The van der Waals surface area contributed by atoms with Gasteiger partial charge in [-0.15, -0.1) is 0 Å². The van der Waals surface area contributed by atoms with Gasteiger partial charge >= 0.3 is 5.97 Å². The molecule has 6 rings (SSSR count). The predicted molar refractivity (Wildman–Crippen MR) is 204 cm³/mol. The Labute approximate surface area is 315 Å². The highest BCUT2D eigenvalue weighted by molar-refractivity contribution is 6.36. The molecule has 11 heteroatoms. The first kappa shape index (κ1) is 37.7. The Balaban J connectivity index is 1.10. The van der Waals surface area contributed by atoms with E-state index >= 15 is 0 Å². The number of hydrogen-bond acceptors (Lipinski definition) is 8. The van der Waals surface area contributed by atoms with Crippen molar-refractivity contribution < 1.29 is 28.5 Å². The first-order valence-corrected chi connectivity index (χ1v) is 18.8. The van der Waals surface area contributed by atoms with Crippen LogP contribution in [-0.2, 0) is 22.0 Å². The second kappa shape index (κ2) is 16.8. The smallest absolute Gasteiger partial charge is 0.308 e. The van der Waals surface area contributed by atoms with Crippen LogP contribution in [0.3, 0.4) is 0 Å². The Hall–Kier alpha value is -5.01. The number of ether oxygens (including phenoxy) is 4. The van der Waals surface area contributed by atoms with Crippen LogP contribution in [0.1, 0.15) is 80.6 Å². The Bertz CT molecular complexity index is 2040. The van der Waals surface area contributed by atoms with Crippen molar-refractivity contribution in [3.05, 3.63) is 93.2 Å². The number of aromatic nitrogens is 1. The van der Waals surface area contributed by atoms with E-state index in [4.69, 9.17) is 30.5 Å². The Morgan fingerprint density at radius 1 is 0.981 bits per heavy atom. The van der Waals surface area contributed by atoms with Gasteiger partial charge in [0.2, 0.25) is 0 Å². The number of aryl methyl sites for hydroxylation is 1. The van der Waals surface area contributed by atoms with Crippen molar-refractivity contribution in [2.45, 2.75) is 76.2 Å². The van der Waals surface area contributed by atoms with E-state index in [2.05, 4.69) is 6.07 Å². The maximum atomic E-state index is 14.0. The first-order chi connectivity index (χ1) is 25.7. The van der Waals surface area contributed by atoms with Crippen LogP contribution in [0.15, 0.2) is 71.5 Å². The molecule has 0 spiro atoms. The van der Waals surface area contributed by atoms with Crippen LogP contribution in [0.25, 0.3) is 10.9 Å². The monoisotopic (exact) mass is 739 g/mol. The van der Waals surface area contributed by atoms with Gasteiger partial charge in [-0.3, -0.25) is 14.4 Å². The lowest BCUT2D eigenvalue weighted by Gasteiger charge is -2.34. The van der Waals surface area contributed by atoms with Crippen molar-refractivity contribution in [1.29, 1.82) is 5.26 Å². The van der Waals surface area contributed by atoms with E-state index in [0.717, 1.165) is 31.2 Å². The van der Waals surface area contributed by atoms with Gasteiger partial charge in [0.15, 0.2) is 11.5 Å². The molecule has 2 fully saturated rings. The largest absolute Gasteiger partial charge is 0.493 e. The summed E-state index contributed by atoms with van der Waals surface area (Å²) in [5.41, 5.74) is 0.707. The third-order valence-electron chi connectivity index (χ3n) is 10.6. The van der Waals surface area contributed by atoms with Crippen LogP contribution in [0.4, 0.5) is 5.69 Å². The van der Waals surface area contributed by atoms with Crippen molar-refractivity contribution in [1.82, 2.24) is 4.57 Å². The van der Waals surface area contributed by atoms with E-state index in [1.54, 1.807) is 32.4 Å². The van der Waals surface area contributed by atoms with E-state index in [-0.39, 0.29) is 42.5 Å². The highest BCUT2D eigenvalue weighted by Crippen LogP contribution is 2.44. The van der Waals surface area contributed by atoms with Crippen molar-refractivity contribution in [2.24, 2.45) is 13.0 Å². The van der Waals surface area contributed by atoms with Crippen molar-refractivity contribution in [3.8, 4) is 23.3 Å². The van der Waals surface area contributed by atoms with Gasteiger partial charge in [-0.1, -0.05) is 41.9 Å². The van der Waals surface area contributed by atoms with Crippen LogP contribution in [0, 0.1) is 17.2 Å². The number of carbonyl (C=O) groups is 2. The van der Waals surface area contributed by atoms with Gasteiger partial charge in [-0.2, -0.15) is 5.26 Å². The van der Waals surface area contributed by atoms with Gasteiger partial charge in [0, 0.05) is 25.7 Å². The summed E-state index contributed by atoms with van der Waals surface area (Å²) in [5, 5.41) is 11.2. The SMILES string of the molecule is CCN(C(=O)c1c(OCCCOC(=O)[C@H]2CC[C@](C#N)(c3ccc(OC)c(OC4CCCC4)c3)CC2)c2c(Cl)cccc2n(C)c1=O)c1ccccc1. The van der Waals surface area contributed by atoms with Gasteiger partial charge in [-0.05, 0) is 100 Å². The summed E-state index contributed by atoms with van der Waals surface area (Å²) < 4.78 is 25.2. The third kappa shape index (κ3) is 7.86. The number of para-hydroxylation sites is 1. The molecule has 1 aromatic heterocycles. The quantitative estimate of drug-likeness (QED) is 0.0996. The average Bonchev–Trinajstić information content (AvgIpc) is 3.70. The lowest BCUT2D eigenvalue weighted by atomic mass is 9.67. The zero-order valence-electron chi connectivity index (χ0n) is 30.6. The Kier molecular flexibility index (Phi) is 11.9. The van der Waals surface area contributed by atoms with Gasteiger partial charge in [0.25, 0.3) is 11.5 Å². The molecule has 0 saturated heterocycles. The van der Waals surface area contributed by atoms with E-state index in [0.29, 0.717) is 71.8 Å². The molecule has 2 aliphatic carbocycles. The minimum absolute atomic E-state index is 0.0729. The van der Waals surface area contributed by atoms with Crippen LogP contribution in [0.5, 0.6) is 17.2 Å². The number of hydrogen-bond donors (Lipinski definition) is 0. The summed E-state index contributed by atoms with van der Waals surface area (Å²) >= 11 is 6.66. The minimum atomic E-state index is -0.732. The van der Waals surface area contributed by atoms with Crippen LogP contribution < -0.4 is 24.7 Å². The number of anilines is 1. The number of nitrogens with zero attached hydrogens (tertiary/aromatic N) is 3. The lowest BCUT2D eigenvalue weighted by molar-refractivity contribution is -0.150. The molecule has 2 saturated carbocycles. The molecule has 53 heavy (non-hydrogen) atoms. The number of rotatable bonds is 13. The predicted octanol–water partition coefficient (Wildman–Crippen LogP) is 8.15. The standard InChI is InChI=1S/C42H46ClN3O7/c1-4-46(30-12-6-5-7-13-30)40(48)37-38(36-32(43)16-10-17-33(36)45(2)39(37)47)51-24-11-25-52-41(49)28-20-22-42(27-44,23-21-28)29-18-19-34(50-3)35(26-29)53-31-14-8-9-15-31/h5-7,10,12-13,16-19,26,28,31H,4,8-9,11,14-15,20-25H2,1-3H3/t28-,42-. The molecule has 1 amide bonds. The van der Waals surface area contributed by atoms with Gasteiger partial charge in [-0.25, -0.2) is 0 Å². The number of amides is 1. The summed E-state index contributed by atoms with van der Waals surface area (Å²) in [6.07, 6.45) is 6.87. The molecule has 0 aliphatic heterocycles. The fraction of sp³-hybridized carbons (Fsp3) is 0.429. The van der Waals surface area contributed by atoms with E-state index in [1.807, 2.05) is 55.5 Å². The summed E-state index contributed by atoms with van der Waals surface area (Å²) in [7, 11) is 3.22. The van der Waals surface area contributed by atoms with Crippen molar-refractivity contribution in [2.75, 3.05) is 31.8 Å². The molecule has 1 heterocycles. The highest BCUT2D eigenvalue weighted by Gasteiger charge is 2.40. The maximum absolute atomic E-state index is 14.0. The maximum Gasteiger partial charge on any atom is 0.308 e. The number of benzene rings is 3. The number of esters is 1. The number of methoxy groups -OCH3 is 1. The van der Waals surface area contributed by atoms with Gasteiger partial charge in [0.05, 0.1) is 59.8 Å². The molecule has 4 aromatic rings. The van der Waals surface area contributed by atoms with Crippen LogP contribution in [-0.4, -0.2) is 49.4 Å². The lowest BCUT2D eigenvalue weighted by Crippen LogP contribution is -2.37. The van der Waals surface area contributed by atoms with Crippen molar-refractivity contribution >= 4 is 40.1 Å². The first-order valence-electron chi connectivity index (χ1n) is 18.4. The molecule has 0 atom stereocenters. The summed E-state index contributed by atoms with van der Waals surface area (Å²) in [6.45, 7) is 2.33. The second-order valence-corrected chi connectivity index (χ2v) is 14.2. The van der Waals surface area contributed by atoms with Crippen LogP contribution in [0.2, 0.25) is 5.02 Å². The normalized spacial score (nSPS) is 18.7. The Morgan fingerprint density at radius 2 is 1.72 bits per heavy atom. The molecular weight excluding hydrogens is 694 g/mol. The Morgan fingerprint density at radius 3 is 2.40 bits per heavy atom. The molecule has 3 aromatic carbocycles. The minimum Gasteiger partial charge on any atom is -0.493 e. The fourth-order valence-corrected chi connectivity index (χ4v) is 7.88. The van der Waals surface area contributed by atoms with Crippen LogP contribution >= 0.6 is 11.6 Å². The molecule has 2 aliphatic rings. The van der Waals surface area contributed by atoms with E-state index in [1.165, 1.54) is 9.47 Å². The van der Waals surface area contributed by atoms with E-state index in [9.17, 15) is 19.6 Å². The van der Waals surface area contributed by atoms with Crippen molar-refractivity contribution in [3.63, 3.8) is 0 Å². The molecular formula is C42H46ClN3O7. The number of carbonyl (C=O) groups excluding carboxylic acids is 2. The second-order valence-electron chi connectivity index (χ2n) is 13.8. The van der Waals surface area contributed by atoms with E-state index < -0.39 is 16.9 Å². The third-order valence-corrected chi connectivity index (χ3v) is 11.0. The number of halogens is 1.